The highest BCUT2D eigenvalue weighted by Gasteiger charge is 2.47. The Morgan fingerprint density at radius 3 is 2.84 bits per heavy atom. The number of nitrogens with two attached hydrogens (primary N) is 1. The molecule has 3 rings (SSSR count). The van der Waals surface area contributed by atoms with Crippen LogP contribution in [0.25, 0.3) is 0 Å². The Bertz CT molecular complexity index is 387. The summed E-state index contributed by atoms with van der Waals surface area (Å²) in [5.74, 6) is 0.861. The first-order chi connectivity index (χ1) is 9.14. The minimum absolute atomic E-state index is 0.165. The molecule has 1 aliphatic carbocycles. The molecule has 2 atom stereocenters. The van der Waals surface area contributed by atoms with Crippen LogP contribution in [0.1, 0.15) is 38.5 Å². The molecule has 0 aromatic rings. The van der Waals surface area contributed by atoms with Crippen molar-refractivity contribution in [2.24, 2.45) is 17.1 Å². The van der Waals surface area contributed by atoms with Crippen molar-refractivity contribution in [3.63, 3.8) is 0 Å². The van der Waals surface area contributed by atoms with E-state index in [1.54, 1.807) is 0 Å². The molecule has 0 bridgehead atoms. The van der Waals surface area contributed by atoms with Gasteiger partial charge in [-0.3, -0.25) is 9.59 Å². The van der Waals surface area contributed by atoms with Crippen LogP contribution in [0.2, 0.25) is 0 Å². The first-order valence-electron chi connectivity index (χ1n) is 7.43. The maximum absolute atomic E-state index is 12.6. The molecule has 1 saturated carbocycles. The van der Waals surface area contributed by atoms with Crippen molar-refractivity contribution in [1.29, 1.82) is 0 Å². The molecule has 2 amide bonds. The lowest BCUT2D eigenvalue weighted by Gasteiger charge is -2.47. The number of hydrogen-bond donors (Lipinski definition) is 2. The molecule has 2 unspecified atom stereocenters. The van der Waals surface area contributed by atoms with Crippen LogP contribution in [0, 0.1) is 11.3 Å². The van der Waals surface area contributed by atoms with Crippen LogP contribution in [-0.4, -0.2) is 42.4 Å². The number of nitrogens with zero attached hydrogens (tertiary/aromatic N) is 1. The summed E-state index contributed by atoms with van der Waals surface area (Å²) in [6.45, 7) is 2.04. The molecule has 2 saturated heterocycles. The van der Waals surface area contributed by atoms with Gasteiger partial charge in [-0.25, -0.2) is 0 Å². The lowest BCUT2D eigenvalue weighted by molar-refractivity contribution is -0.149. The van der Waals surface area contributed by atoms with Crippen LogP contribution in [0.5, 0.6) is 0 Å². The Morgan fingerprint density at radius 1 is 1.42 bits per heavy atom. The summed E-state index contributed by atoms with van der Waals surface area (Å²) in [6, 6.07) is 0.278. The molecule has 106 valence electrons. The van der Waals surface area contributed by atoms with E-state index in [2.05, 4.69) is 5.32 Å². The second-order valence-corrected chi connectivity index (χ2v) is 6.35. The van der Waals surface area contributed by atoms with E-state index in [-0.39, 0.29) is 23.3 Å². The summed E-state index contributed by atoms with van der Waals surface area (Å²) in [6.07, 6.45) is 5.43. The standard InChI is InChI=1S/C14H23N3O2/c15-9-14(5-1-6-14)13(19)17-7-4-11-10(8-17)2-3-12(18)16-11/h10-11H,1-9,15H2,(H,16,18). The molecule has 3 fully saturated rings. The predicted molar refractivity (Wildman–Crippen MR) is 71.2 cm³/mol. The summed E-state index contributed by atoms with van der Waals surface area (Å²) in [7, 11) is 0. The third-order valence-electron chi connectivity index (χ3n) is 5.26. The Morgan fingerprint density at radius 2 is 2.21 bits per heavy atom. The van der Waals surface area contributed by atoms with Crippen molar-refractivity contribution < 1.29 is 9.59 Å². The van der Waals surface area contributed by atoms with Crippen LogP contribution in [0.15, 0.2) is 0 Å². The van der Waals surface area contributed by atoms with Gasteiger partial charge in [-0.2, -0.15) is 0 Å². The minimum Gasteiger partial charge on any atom is -0.353 e. The van der Waals surface area contributed by atoms with Crippen molar-refractivity contribution >= 4 is 11.8 Å². The third kappa shape index (κ3) is 2.14. The lowest BCUT2D eigenvalue weighted by Crippen LogP contribution is -2.59. The average Bonchev–Trinajstić information content (AvgIpc) is 2.37. The zero-order valence-corrected chi connectivity index (χ0v) is 11.4. The molecule has 3 aliphatic rings. The van der Waals surface area contributed by atoms with Gasteiger partial charge in [-0.15, -0.1) is 0 Å². The Hall–Kier alpha value is -1.10. The topological polar surface area (TPSA) is 75.4 Å². The molecule has 0 radical (unpaired) electrons. The van der Waals surface area contributed by atoms with Crippen molar-refractivity contribution in [3.8, 4) is 0 Å². The highest BCUT2D eigenvalue weighted by atomic mass is 16.2. The molecule has 2 heterocycles. The van der Waals surface area contributed by atoms with Gasteiger partial charge in [0, 0.05) is 32.1 Å². The van der Waals surface area contributed by atoms with Gasteiger partial charge in [0.15, 0.2) is 0 Å². The second-order valence-electron chi connectivity index (χ2n) is 6.35. The normalized spacial score (nSPS) is 33.1. The van der Waals surface area contributed by atoms with Gasteiger partial charge < -0.3 is 16.0 Å². The number of carbonyl (C=O) groups is 2. The van der Waals surface area contributed by atoms with E-state index >= 15 is 0 Å². The number of amides is 2. The van der Waals surface area contributed by atoms with Gasteiger partial charge in [0.05, 0.1) is 5.41 Å². The van der Waals surface area contributed by atoms with Gasteiger partial charge in [0.2, 0.25) is 11.8 Å². The Kier molecular flexibility index (Phi) is 3.25. The molecule has 5 heteroatoms. The second kappa shape index (κ2) is 4.78. The van der Waals surface area contributed by atoms with Crippen molar-refractivity contribution in [3.05, 3.63) is 0 Å². The van der Waals surface area contributed by atoms with E-state index in [0.29, 0.717) is 18.9 Å². The number of hydrogen-bond acceptors (Lipinski definition) is 3. The molecule has 3 N–H and O–H groups in total. The zero-order chi connectivity index (χ0) is 13.5. The fourth-order valence-electron chi connectivity index (χ4n) is 3.74. The summed E-state index contributed by atoms with van der Waals surface area (Å²) < 4.78 is 0. The number of piperidine rings is 2. The van der Waals surface area contributed by atoms with E-state index in [9.17, 15) is 9.59 Å². The lowest BCUT2D eigenvalue weighted by atomic mass is 9.67. The number of nitrogens with one attached hydrogen (secondary N) is 1. The SMILES string of the molecule is NCC1(C(=O)N2CCC3NC(=O)CCC3C2)CCC1. The summed E-state index contributed by atoms with van der Waals surface area (Å²) >= 11 is 0. The van der Waals surface area contributed by atoms with E-state index in [4.69, 9.17) is 5.73 Å². The third-order valence-corrected chi connectivity index (χ3v) is 5.26. The molecule has 0 spiro atoms. The zero-order valence-electron chi connectivity index (χ0n) is 11.4. The fourth-order valence-corrected chi connectivity index (χ4v) is 3.74. The maximum Gasteiger partial charge on any atom is 0.230 e. The van der Waals surface area contributed by atoms with Gasteiger partial charge in [0.1, 0.15) is 0 Å². The fraction of sp³-hybridized carbons (Fsp3) is 0.857. The molecule has 19 heavy (non-hydrogen) atoms. The number of rotatable bonds is 2. The summed E-state index contributed by atoms with van der Waals surface area (Å²) in [5.41, 5.74) is 5.56. The van der Waals surface area contributed by atoms with E-state index in [1.165, 1.54) is 0 Å². The van der Waals surface area contributed by atoms with Crippen LogP contribution < -0.4 is 11.1 Å². The molecular weight excluding hydrogens is 242 g/mol. The first-order valence-corrected chi connectivity index (χ1v) is 7.43. The molecule has 2 aliphatic heterocycles. The van der Waals surface area contributed by atoms with Gasteiger partial charge in [-0.05, 0) is 31.6 Å². The highest BCUT2D eigenvalue weighted by molar-refractivity contribution is 5.84. The Balaban J connectivity index is 1.65. The van der Waals surface area contributed by atoms with Gasteiger partial charge >= 0.3 is 0 Å². The van der Waals surface area contributed by atoms with Crippen LogP contribution >= 0.6 is 0 Å². The van der Waals surface area contributed by atoms with Crippen molar-refractivity contribution in [2.75, 3.05) is 19.6 Å². The predicted octanol–water partition coefficient (Wildman–Crippen LogP) is 0.242. The first kappa shape index (κ1) is 12.9. The van der Waals surface area contributed by atoms with Crippen molar-refractivity contribution in [2.45, 2.75) is 44.6 Å². The van der Waals surface area contributed by atoms with Crippen LogP contribution in [-0.2, 0) is 9.59 Å². The van der Waals surface area contributed by atoms with Gasteiger partial charge in [-0.1, -0.05) is 6.42 Å². The molecule has 5 nitrogen and oxygen atoms in total. The molecule has 0 aromatic carbocycles. The van der Waals surface area contributed by atoms with Gasteiger partial charge in [0.25, 0.3) is 0 Å². The smallest absolute Gasteiger partial charge is 0.230 e. The van der Waals surface area contributed by atoms with Crippen LogP contribution in [0.4, 0.5) is 0 Å². The minimum atomic E-state index is -0.259. The number of carbonyl (C=O) groups excluding carboxylic acids is 2. The average molecular weight is 265 g/mol. The van der Waals surface area contributed by atoms with E-state index in [0.717, 1.165) is 45.2 Å². The van der Waals surface area contributed by atoms with E-state index in [1.807, 2.05) is 4.90 Å². The molecular formula is C14H23N3O2. The number of fused-ring (bicyclic) bond motifs is 1. The maximum atomic E-state index is 12.6. The summed E-state index contributed by atoms with van der Waals surface area (Å²) in [4.78, 5) is 26.0. The summed E-state index contributed by atoms with van der Waals surface area (Å²) in [5, 5.41) is 3.06. The van der Waals surface area contributed by atoms with E-state index < -0.39 is 0 Å². The van der Waals surface area contributed by atoms with Crippen LogP contribution in [0.3, 0.4) is 0 Å². The Labute approximate surface area is 113 Å². The van der Waals surface area contributed by atoms with Crippen molar-refractivity contribution in [1.82, 2.24) is 10.2 Å². The molecule has 0 aromatic heterocycles. The highest BCUT2D eigenvalue weighted by Crippen LogP contribution is 2.42. The number of likely N-dealkylation sites (tertiary alicyclic amines) is 1. The largest absolute Gasteiger partial charge is 0.353 e. The monoisotopic (exact) mass is 265 g/mol. The quantitative estimate of drug-likeness (QED) is 0.751.